The number of nitrogens with zero attached hydrogens (tertiary/aromatic N) is 2. The maximum atomic E-state index is 12.2. The first-order chi connectivity index (χ1) is 9.93. The zero-order valence-electron chi connectivity index (χ0n) is 12.6. The maximum absolute atomic E-state index is 12.2. The molecule has 0 bridgehead atoms. The first-order valence-electron chi connectivity index (χ1n) is 7.50. The van der Waals surface area contributed by atoms with E-state index in [-0.39, 0.29) is 18.4 Å². The van der Waals surface area contributed by atoms with Gasteiger partial charge in [0.05, 0.1) is 17.3 Å². The number of nitrogens with one attached hydrogen (secondary N) is 1. The molecule has 0 aliphatic heterocycles. The van der Waals surface area contributed by atoms with Crippen LogP contribution in [0.25, 0.3) is 0 Å². The third-order valence-corrected chi connectivity index (χ3v) is 4.18. The van der Waals surface area contributed by atoms with Gasteiger partial charge in [-0.15, -0.1) is 0 Å². The highest BCUT2D eigenvalue weighted by Crippen LogP contribution is 2.39. The summed E-state index contributed by atoms with van der Waals surface area (Å²) in [6.45, 7) is 4.00. The minimum absolute atomic E-state index is 0.0369. The Bertz CT molecular complexity index is 516. The molecule has 1 heterocycles. The fraction of sp³-hybridized carbons (Fsp3) is 0.667. The third kappa shape index (κ3) is 3.62. The van der Waals surface area contributed by atoms with Gasteiger partial charge in [0, 0.05) is 18.7 Å². The quantitative estimate of drug-likeness (QED) is 0.874. The molecule has 0 unspecified atom stereocenters. The van der Waals surface area contributed by atoms with Crippen LogP contribution >= 0.6 is 0 Å². The van der Waals surface area contributed by atoms with E-state index >= 15 is 0 Å². The van der Waals surface area contributed by atoms with Gasteiger partial charge < -0.3 is 10.4 Å². The highest BCUT2D eigenvalue weighted by Gasteiger charge is 2.41. The molecule has 1 aromatic rings. The molecule has 0 spiro atoms. The van der Waals surface area contributed by atoms with Crippen molar-refractivity contribution in [2.24, 2.45) is 5.41 Å². The van der Waals surface area contributed by atoms with Crippen LogP contribution in [-0.2, 0) is 9.59 Å². The lowest BCUT2D eigenvalue weighted by Gasteiger charge is -2.32. The predicted molar refractivity (Wildman–Crippen MR) is 79.0 cm³/mol. The van der Waals surface area contributed by atoms with Crippen molar-refractivity contribution in [1.29, 1.82) is 0 Å². The summed E-state index contributed by atoms with van der Waals surface area (Å²) in [7, 11) is 0. The number of aromatic nitrogens is 2. The van der Waals surface area contributed by atoms with E-state index < -0.39 is 11.4 Å². The summed E-state index contributed by atoms with van der Waals surface area (Å²) in [5.74, 6) is -1.10. The highest BCUT2D eigenvalue weighted by molar-refractivity contribution is 5.94. The molecule has 0 radical (unpaired) electrons. The first kappa shape index (κ1) is 15.5. The summed E-state index contributed by atoms with van der Waals surface area (Å²) in [6, 6.07) is 0.222. The Kier molecular flexibility index (Phi) is 4.65. The lowest BCUT2D eigenvalue weighted by molar-refractivity contribution is -0.153. The minimum atomic E-state index is -0.892. The van der Waals surface area contributed by atoms with Gasteiger partial charge in [-0.2, -0.15) is 5.10 Å². The molecule has 1 saturated carbocycles. The Labute approximate surface area is 124 Å². The van der Waals surface area contributed by atoms with Gasteiger partial charge in [-0.25, -0.2) is 0 Å². The van der Waals surface area contributed by atoms with Gasteiger partial charge in [0.2, 0.25) is 5.91 Å². The van der Waals surface area contributed by atoms with E-state index in [9.17, 15) is 14.7 Å². The molecule has 6 heteroatoms. The normalized spacial score (nSPS) is 17.7. The lowest BCUT2D eigenvalue weighted by Crippen LogP contribution is -2.37. The van der Waals surface area contributed by atoms with E-state index in [1.165, 1.54) is 0 Å². The zero-order valence-corrected chi connectivity index (χ0v) is 12.6. The van der Waals surface area contributed by atoms with Crippen molar-refractivity contribution in [1.82, 2.24) is 9.78 Å². The molecular weight excluding hydrogens is 270 g/mol. The second-order valence-electron chi connectivity index (χ2n) is 6.17. The van der Waals surface area contributed by atoms with Gasteiger partial charge in [-0.1, -0.05) is 19.3 Å². The van der Waals surface area contributed by atoms with Crippen molar-refractivity contribution in [3.63, 3.8) is 0 Å². The molecule has 21 heavy (non-hydrogen) atoms. The van der Waals surface area contributed by atoms with Crippen LogP contribution < -0.4 is 5.32 Å². The maximum Gasteiger partial charge on any atom is 0.310 e. The minimum Gasteiger partial charge on any atom is -0.481 e. The van der Waals surface area contributed by atoms with E-state index in [4.69, 9.17) is 0 Å². The van der Waals surface area contributed by atoms with Crippen LogP contribution in [0, 0.1) is 5.41 Å². The molecule has 0 saturated heterocycles. The van der Waals surface area contributed by atoms with Crippen molar-refractivity contribution in [3.05, 3.63) is 12.4 Å². The van der Waals surface area contributed by atoms with Crippen molar-refractivity contribution in [2.75, 3.05) is 5.32 Å². The molecule has 2 N–H and O–H groups in total. The molecule has 1 aliphatic rings. The van der Waals surface area contributed by atoms with Gasteiger partial charge in [-0.05, 0) is 26.7 Å². The van der Waals surface area contributed by atoms with E-state index in [1.807, 2.05) is 13.8 Å². The van der Waals surface area contributed by atoms with Gasteiger partial charge in [0.15, 0.2) is 0 Å². The average molecular weight is 293 g/mol. The number of carboxylic acids is 1. The SMILES string of the molecule is CC(C)n1cc(NC(=O)CC2(C(=O)O)CCCCC2)cn1. The molecule has 1 fully saturated rings. The van der Waals surface area contributed by atoms with Crippen molar-refractivity contribution < 1.29 is 14.7 Å². The van der Waals surface area contributed by atoms with Crippen LogP contribution in [0.4, 0.5) is 5.69 Å². The summed E-state index contributed by atoms with van der Waals surface area (Å²) < 4.78 is 1.75. The highest BCUT2D eigenvalue weighted by atomic mass is 16.4. The molecule has 1 aromatic heterocycles. The molecule has 0 atom stereocenters. The molecule has 6 nitrogen and oxygen atoms in total. The van der Waals surface area contributed by atoms with Gasteiger partial charge in [-0.3, -0.25) is 14.3 Å². The van der Waals surface area contributed by atoms with Crippen LogP contribution in [0.2, 0.25) is 0 Å². The molecule has 116 valence electrons. The topological polar surface area (TPSA) is 84.2 Å². The number of hydrogen-bond acceptors (Lipinski definition) is 3. The Hall–Kier alpha value is -1.85. The van der Waals surface area contributed by atoms with E-state index in [0.717, 1.165) is 19.3 Å². The van der Waals surface area contributed by atoms with E-state index in [1.54, 1.807) is 17.1 Å². The largest absolute Gasteiger partial charge is 0.481 e. The van der Waals surface area contributed by atoms with Crippen molar-refractivity contribution in [3.8, 4) is 0 Å². The molecule has 1 aliphatic carbocycles. The zero-order chi connectivity index (χ0) is 15.5. The van der Waals surface area contributed by atoms with Gasteiger partial charge >= 0.3 is 5.97 Å². The van der Waals surface area contributed by atoms with Crippen LogP contribution in [-0.4, -0.2) is 26.8 Å². The predicted octanol–water partition coefficient (Wildman–Crippen LogP) is 2.83. The Morgan fingerprint density at radius 2 is 2.05 bits per heavy atom. The van der Waals surface area contributed by atoms with Crippen LogP contribution in [0.5, 0.6) is 0 Å². The number of aliphatic carboxylic acids is 1. The third-order valence-electron chi connectivity index (χ3n) is 4.18. The molecular formula is C15H23N3O3. The second-order valence-corrected chi connectivity index (χ2v) is 6.17. The fourth-order valence-electron chi connectivity index (χ4n) is 2.89. The number of hydrogen-bond donors (Lipinski definition) is 2. The number of carboxylic acid groups (broad SMARTS) is 1. The summed E-state index contributed by atoms with van der Waals surface area (Å²) in [5, 5.41) is 16.4. The molecule has 2 rings (SSSR count). The smallest absolute Gasteiger partial charge is 0.310 e. The summed E-state index contributed by atoms with van der Waals surface area (Å²) in [4.78, 5) is 23.7. The van der Waals surface area contributed by atoms with Gasteiger partial charge in [0.25, 0.3) is 0 Å². The van der Waals surface area contributed by atoms with Crippen LogP contribution in [0.1, 0.15) is 58.4 Å². The van der Waals surface area contributed by atoms with E-state index in [0.29, 0.717) is 18.5 Å². The van der Waals surface area contributed by atoms with Crippen LogP contribution in [0.15, 0.2) is 12.4 Å². The Morgan fingerprint density at radius 1 is 1.38 bits per heavy atom. The Balaban J connectivity index is 2.00. The first-order valence-corrected chi connectivity index (χ1v) is 7.50. The number of rotatable bonds is 5. The number of amides is 1. The van der Waals surface area contributed by atoms with Crippen LogP contribution in [0.3, 0.4) is 0 Å². The number of carbonyl (C=O) groups excluding carboxylic acids is 1. The summed E-state index contributed by atoms with van der Waals surface area (Å²) in [6.07, 6.45) is 7.37. The number of anilines is 1. The molecule has 0 aromatic carbocycles. The summed E-state index contributed by atoms with van der Waals surface area (Å²) in [5.41, 5.74) is -0.277. The lowest BCUT2D eigenvalue weighted by atomic mass is 9.71. The fourth-order valence-corrected chi connectivity index (χ4v) is 2.89. The van der Waals surface area contributed by atoms with Gasteiger partial charge in [0.1, 0.15) is 0 Å². The summed E-state index contributed by atoms with van der Waals surface area (Å²) >= 11 is 0. The standard InChI is InChI=1S/C15H23N3O3/c1-11(2)18-10-12(9-16-18)17-13(19)8-15(14(20)21)6-4-3-5-7-15/h9-11H,3-8H2,1-2H3,(H,17,19)(H,20,21). The van der Waals surface area contributed by atoms with E-state index in [2.05, 4.69) is 10.4 Å². The van der Waals surface area contributed by atoms with Crippen molar-refractivity contribution in [2.45, 2.75) is 58.4 Å². The molecule has 1 amide bonds. The monoisotopic (exact) mass is 293 g/mol. The average Bonchev–Trinajstić information content (AvgIpc) is 2.88. The Morgan fingerprint density at radius 3 is 2.57 bits per heavy atom. The number of carbonyl (C=O) groups is 2. The van der Waals surface area contributed by atoms with Crippen molar-refractivity contribution >= 4 is 17.6 Å². The second kappa shape index (κ2) is 6.28.